The highest BCUT2D eigenvalue weighted by atomic mass is 16.5. The van der Waals surface area contributed by atoms with Crippen LogP contribution in [0.15, 0.2) is 42.5 Å². The van der Waals surface area contributed by atoms with E-state index in [4.69, 9.17) is 4.74 Å². The van der Waals surface area contributed by atoms with Crippen LogP contribution in [0.5, 0.6) is 11.5 Å². The largest absolute Gasteiger partial charge is 0.508 e. The van der Waals surface area contributed by atoms with Crippen LogP contribution in [-0.2, 0) is 15.6 Å². The van der Waals surface area contributed by atoms with E-state index in [1.807, 2.05) is 36.4 Å². The van der Waals surface area contributed by atoms with Crippen LogP contribution in [0.1, 0.15) is 70.1 Å². The van der Waals surface area contributed by atoms with Gasteiger partial charge >= 0.3 is 5.97 Å². The number of unbranched alkanes of at least 4 members (excludes halogenated alkanes) is 1. The molecule has 2 aromatic rings. The van der Waals surface area contributed by atoms with E-state index >= 15 is 0 Å². The number of hydrogen-bond acceptors (Lipinski definition) is 3. The number of carbonyl (C=O) groups excluding carboxylic acids is 1. The Morgan fingerprint density at radius 1 is 1.08 bits per heavy atom. The molecule has 138 valence electrons. The summed E-state index contributed by atoms with van der Waals surface area (Å²) in [6.45, 7) is 8.78. The fourth-order valence-electron chi connectivity index (χ4n) is 4.31. The summed E-state index contributed by atoms with van der Waals surface area (Å²) < 4.78 is 5.42. The third-order valence-corrected chi connectivity index (χ3v) is 5.58. The van der Waals surface area contributed by atoms with E-state index in [0.717, 1.165) is 19.3 Å². The Morgan fingerprint density at radius 3 is 2.42 bits per heavy atom. The number of phenolic OH excluding ortho intramolecular Hbond substituents is 1. The van der Waals surface area contributed by atoms with Crippen LogP contribution in [0.4, 0.5) is 0 Å². The Hall–Kier alpha value is -2.29. The average Bonchev–Trinajstić information content (AvgIpc) is 2.80. The maximum atomic E-state index is 11.8. The number of aromatic hydroxyl groups is 1. The molecule has 0 saturated heterocycles. The van der Waals surface area contributed by atoms with Gasteiger partial charge in [-0.3, -0.25) is 4.79 Å². The number of hydrogen-bond donors (Lipinski definition) is 1. The van der Waals surface area contributed by atoms with Crippen molar-refractivity contribution >= 4 is 5.97 Å². The molecule has 0 amide bonds. The minimum atomic E-state index is -0.178. The normalized spacial score (nSPS) is 20.6. The number of esters is 1. The van der Waals surface area contributed by atoms with Crippen molar-refractivity contribution in [3.63, 3.8) is 0 Å². The van der Waals surface area contributed by atoms with Gasteiger partial charge in [0, 0.05) is 11.8 Å². The lowest BCUT2D eigenvalue weighted by atomic mass is 9.75. The van der Waals surface area contributed by atoms with Crippen LogP contribution in [0.2, 0.25) is 0 Å². The van der Waals surface area contributed by atoms with Crippen molar-refractivity contribution in [3.8, 4) is 11.5 Å². The molecule has 3 nitrogen and oxygen atoms in total. The highest BCUT2D eigenvalue weighted by Crippen LogP contribution is 2.53. The molecule has 0 radical (unpaired) electrons. The fraction of sp³-hybridized carbons (Fsp3) is 0.435. The molecule has 0 heterocycles. The predicted octanol–water partition coefficient (Wildman–Crippen LogP) is 5.48. The molecule has 0 bridgehead atoms. The second-order valence-corrected chi connectivity index (χ2v) is 8.22. The molecule has 3 heteroatoms. The highest BCUT2D eigenvalue weighted by Gasteiger charge is 2.45. The number of phenols is 1. The molecule has 0 unspecified atom stereocenters. The first kappa shape index (κ1) is 18.5. The molecule has 0 saturated carbocycles. The zero-order valence-electron chi connectivity index (χ0n) is 16.1. The van der Waals surface area contributed by atoms with Gasteiger partial charge in [-0.25, -0.2) is 0 Å². The van der Waals surface area contributed by atoms with Crippen LogP contribution in [0.3, 0.4) is 0 Å². The van der Waals surface area contributed by atoms with Gasteiger partial charge < -0.3 is 9.84 Å². The van der Waals surface area contributed by atoms with Crippen molar-refractivity contribution in [2.24, 2.45) is 0 Å². The van der Waals surface area contributed by atoms with Crippen LogP contribution < -0.4 is 4.74 Å². The van der Waals surface area contributed by atoms with Gasteiger partial charge in [-0.15, -0.1) is 0 Å². The van der Waals surface area contributed by atoms with Gasteiger partial charge in [-0.2, -0.15) is 0 Å². The molecule has 1 atom stereocenters. The Bertz CT molecular complexity index is 805. The quantitative estimate of drug-likeness (QED) is 0.573. The van der Waals surface area contributed by atoms with Crippen LogP contribution in [-0.4, -0.2) is 11.1 Å². The van der Waals surface area contributed by atoms with Crippen molar-refractivity contribution in [3.05, 3.63) is 59.2 Å². The molecular formula is C23H28O3. The number of benzene rings is 2. The average molecular weight is 352 g/mol. The van der Waals surface area contributed by atoms with Crippen LogP contribution >= 0.6 is 0 Å². The monoisotopic (exact) mass is 352 g/mol. The van der Waals surface area contributed by atoms with Gasteiger partial charge in [0.2, 0.25) is 0 Å². The lowest BCUT2D eigenvalue weighted by Gasteiger charge is -2.28. The molecule has 26 heavy (non-hydrogen) atoms. The van der Waals surface area contributed by atoms with E-state index in [9.17, 15) is 9.90 Å². The first-order chi connectivity index (χ1) is 12.3. The van der Waals surface area contributed by atoms with Crippen LogP contribution in [0.25, 0.3) is 0 Å². The van der Waals surface area contributed by atoms with E-state index in [1.54, 1.807) is 6.07 Å². The summed E-state index contributed by atoms with van der Waals surface area (Å²) in [4.78, 5) is 11.8. The zero-order chi connectivity index (χ0) is 18.9. The Morgan fingerprint density at radius 2 is 1.77 bits per heavy atom. The number of fused-ring (bicyclic) bond motifs is 1. The molecule has 3 rings (SSSR count). The first-order valence-electron chi connectivity index (χ1n) is 9.41. The summed E-state index contributed by atoms with van der Waals surface area (Å²) in [6, 6.07) is 13.5. The molecule has 1 aliphatic rings. The van der Waals surface area contributed by atoms with Gasteiger partial charge in [-0.1, -0.05) is 52.3 Å². The molecule has 0 aromatic heterocycles. The summed E-state index contributed by atoms with van der Waals surface area (Å²) in [5.41, 5.74) is 3.50. The maximum absolute atomic E-state index is 11.8. The van der Waals surface area contributed by atoms with Crippen LogP contribution in [0, 0.1) is 0 Å². The van der Waals surface area contributed by atoms with Gasteiger partial charge in [0.15, 0.2) is 0 Å². The minimum Gasteiger partial charge on any atom is -0.508 e. The summed E-state index contributed by atoms with van der Waals surface area (Å²) in [5.74, 6) is 0.712. The summed E-state index contributed by atoms with van der Waals surface area (Å²) in [7, 11) is 0. The second kappa shape index (κ2) is 6.79. The van der Waals surface area contributed by atoms with E-state index in [1.165, 1.54) is 16.7 Å². The zero-order valence-corrected chi connectivity index (χ0v) is 16.1. The Balaban J connectivity index is 1.88. The van der Waals surface area contributed by atoms with E-state index in [-0.39, 0.29) is 16.8 Å². The van der Waals surface area contributed by atoms with Gasteiger partial charge in [0.05, 0.1) is 0 Å². The Kier molecular flexibility index (Phi) is 4.83. The smallest absolute Gasteiger partial charge is 0.311 e. The predicted molar refractivity (Wildman–Crippen MR) is 104 cm³/mol. The molecular weight excluding hydrogens is 324 g/mol. The third-order valence-electron chi connectivity index (χ3n) is 5.58. The van der Waals surface area contributed by atoms with E-state index in [2.05, 4.69) is 27.7 Å². The maximum Gasteiger partial charge on any atom is 0.311 e. The number of ether oxygens (including phenoxy) is 1. The molecule has 1 N–H and O–H groups in total. The van der Waals surface area contributed by atoms with Crippen molar-refractivity contribution in [1.82, 2.24) is 0 Å². The van der Waals surface area contributed by atoms with Gasteiger partial charge in [0.1, 0.15) is 11.5 Å². The number of rotatable bonds is 5. The summed E-state index contributed by atoms with van der Waals surface area (Å²) in [5, 5.41) is 10.0. The fourth-order valence-corrected chi connectivity index (χ4v) is 4.31. The highest BCUT2D eigenvalue weighted by molar-refractivity contribution is 5.72. The molecule has 2 aromatic carbocycles. The van der Waals surface area contributed by atoms with Crippen molar-refractivity contribution in [2.45, 2.75) is 64.2 Å². The number of carbonyl (C=O) groups is 1. The minimum absolute atomic E-state index is 0.0447. The Labute approximate surface area is 156 Å². The first-order valence-corrected chi connectivity index (χ1v) is 9.41. The molecule has 0 fully saturated rings. The van der Waals surface area contributed by atoms with E-state index in [0.29, 0.717) is 17.9 Å². The van der Waals surface area contributed by atoms with Crippen molar-refractivity contribution < 1.29 is 14.6 Å². The van der Waals surface area contributed by atoms with Crippen molar-refractivity contribution in [1.29, 1.82) is 0 Å². The van der Waals surface area contributed by atoms with Crippen molar-refractivity contribution in [2.75, 3.05) is 0 Å². The molecule has 0 spiro atoms. The standard InChI is InChI=1S/C23H28O3/c1-5-6-7-21(25)26-18-11-8-16(9-12-18)23(4)15-22(2,3)19-13-10-17(24)14-20(19)23/h8-14,24H,5-7,15H2,1-4H3/t23-/m1/s1. The topological polar surface area (TPSA) is 46.5 Å². The SMILES string of the molecule is CCCCC(=O)Oc1ccc([C@@]2(C)CC(C)(C)c3ccc(O)cc32)cc1. The molecule has 1 aliphatic carbocycles. The summed E-state index contributed by atoms with van der Waals surface area (Å²) in [6.07, 6.45) is 3.25. The second-order valence-electron chi connectivity index (χ2n) is 8.22. The lowest BCUT2D eigenvalue weighted by Crippen LogP contribution is -2.23. The van der Waals surface area contributed by atoms with Gasteiger partial charge in [-0.05, 0) is 59.2 Å². The third kappa shape index (κ3) is 3.35. The van der Waals surface area contributed by atoms with Gasteiger partial charge in [0.25, 0.3) is 0 Å². The molecule has 0 aliphatic heterocycles. The van der Waals surface area contributed by atoms with E-state index < -0.39 is 0 Å². The lowest BCUT2D eigenvalue weighted by molar-refractivity contribution is -0.134. The summed E-state index contributed by atoms with van der Waals surface area (Å²) >= 11 is 0.